The van der Waals surface area contributed by atoms with Crippen molar-refractivity contribution in [1.29, 1.82) is 0 Å². The topological polar surface area (TPSA) is 98.7 Å². The fraction of sp³-hybridized carbons (Fsp3) is 0.727. The highest BCUT2D eigenvalue weighted by atomic mass is 16.4. The second-order valence-corrected chi connectivity index (χ2v) is 4.67. The number of nitrogens with zero attached hydrogens (tertiary/aromatic N) is 1. The van der Waals surface area contributed by atoms with E-state index in [2.05, 4.69) is 10.6 Å². The van der Waals surface area contributed by atoms with Gasteiger partial charge in [-0.25, -0.2) is 9.59 Å². The summed E-state index contributed by atoms with van der Waals surface area (Å²) >= 11 is 0. The Labute approximate surface area is 106 Å². The second kappa shape index (κ2) is 5.70. The molecule has 1 rings (SSSR count). The Morgan fingerprint density at radius 3 is 2.61 bits per heavy atom. The smallest absolute Gasteiger partial charge is 0.326 e. The van der Waals surface area contributed by atoms with E-state index in [-0.39, 0.29) is 11.8 Å². The molecule has 0 aromatic heterocycles. The molecule has 3 amide bonds. The minimum absolute atomic E-state index is 0.222. The predicted octanol–water partition coefficient (Wildman–Crippen LogP) is -0.374. The van der Waals surface area contributed by atoms with Crippen molar-refractivity contribution in [3.8, 4) is 0 Å². The molecule has 1 fully saturated rings. The van der Waals surface area contributed by atoms with Crippen LogP contribution in [0.3, 0.4) is 0 Å². The minimum atomic E-state index is -1.08. The Kier molecular flexibility index (Phi) is 4.52. The fourth-order valence-corrected chi connectivity index (χ4v) is 1.79. The summed E-state index contributed by atoms with van der Waals surface area (Å²) in [6.45, 7) is 5.80. The number of urea groups is 1. The average molecular weight is 257 g/mol. The van der Waals surface area contributed by atoms with Crippen molar-refractivity contribution in [2.24, 2.45) is 5.92 Å². The van der Waals surface area contributed by atoms with Gasteiger partial charge in [0.25, 0.3) is 0 Å². The molecular weight excluding hydrogens is 238 g/mol. The third-order valence-electron chi connectivity index (χ3n) is 2.97. The Hall–Kier alpha value is -1.79. The zero-order valence-electron chi connectivity index (χ0n) is 10.8. The molecule has 1 saturated heterocycles. The number of carbonyl (C=O) groups excluding carboxylic acids is 2. The van der Waals surface area contributed by atoms with Crippen LogP contribution in [0.5, 0.6) is 0 Å². The van der Waals surface area contributed by atoms with Crippen LogP contribution in [0.4, 0.5) is 4.79 Å². The molecular formula is C11H19N3O4. The molecule has 0 aromatic rings. The molecule has 18 heavy (non-hydrogen) atoms. The van der Waals surface area contributed by atoms with Crippen molar-refractivity contribution in [2.45, 2.75) is 32.9 Å². The van der Waals surface area contributed by atoms with Gasteiger partial charge in [0.05, 0.1) is 0 Å². The summed E-state index contributed by atoms with van der Waals surface area (Å²) in [5.41, 5.74) is 0. The van der Waals surface area contributed by atoms with Crippen LogP contribution >= 0.6 is 0 Å². The molecule has 2 atom stereocenters. The molecule has 0 bridgehead atoms. The third-order valence-corrected chi connectivity index (χ3v) is 2.97. The summed E-state index contributed by atoms with van der Waals surface area (Å²) in [6.07, 6.45) is 0. The Morgan fingerprint density at radius 2 is 2.11 bits per heavy atom. The molecule has 1 heterocycles. The van der Waals surface area contributed by atoms with Crippen LogP contribution < -0.4 is 10.6 Å². The van der Waals surface area contributed by atoms with Gasteiger partial charge in [0, 0.05) is 13.1 Å². The van der Waals surface area contributed by atoms with E-state index in [1.807, 2.05) is 0 Å². The van der Waals surface area contributed by atoms with Crippen LogP contribution in [0.1, 0.15) is 20.8 Å². The maximum absolute atomic E-state index is 11.9. The molecule has 0 radical (unpaired) electrons. The summed E-state index contributed by atoms with van der Waals surface area (Å²) in [6, 6.07) is -2.05. The van der Waals surface area contributed by atoms with Gasteiger partial charge < -0.3 is 20.6 Å². The Bertz CT molecular complexity index is 356. The predicted molar refractivity (Wildman–Crippen MR) is 64.0 cm³/mol. The van der Waals surface area contributed by atoms with E-state index in [1.54, 1.807) is 20.8 Å². The highest BCUT2D eigenvalue weighted by Gasteiger charge is 2.32. The van der Waals surface area contributed by atoms with E-state index < -0.39 is 24.1 Å². The van der Waals surface area contributed by atoms with Crippen molar-refractivity contribution in [3.05, 3.63) is 0 Å². The number of carbonyl (C=O) groups is 3. The summed E-state index contributed by atoms with van der Waals surface area (Å²) in [7, 11) is 0. The average Bonchev–Trinajstić information content (AvgIpc) is 2.28. The van der Waals surface area contributed by atoms with Crippen LogP contribution in [0.15, 0.2) is 0 Å². The summed E-state index contributed by atoms with van der Waals surface area (Å²) in [5.74, 6) is -1.53. The van der Waals surface area contributed by atoms with E-state index in [1.165, 1.54) is 4.90 Å². The number of nitrogens with one attached hydrogen (secondary N) is 2. The van der Waals surface area contributed by atoms with Gasteiger partial charge in [-0.2, -0.15) is 0 Å². The van der Waals surface area contributed by atoms with Crippen molar-refractivity contribution < 1.29 is 19.5 Å². The lowest BCUT2D eigenvalue weighted by atomic mass is 10.1. The van der Waals surface area contributed by atoms with E-state index in [0.29, 0.717) is 13.1 Å². The first-order valence-electron chi connectivity index (χ1n) is 5.92. The molecule has 0 spiro atoms. The van der Waals surface area contributed by atoms with Crippen LogP contribution in [-0.4, -0.2) is 53.1 Å². The van der Waals surface area contributed by atoms with Crippen molar-refractivity contribution >= 4 is 17.9 Å². The number of aliphatic carboxylic acids is 1. The van der Waals surface area contributed by atoms with E-state index in [0.717, 1.165) is 0 Å². The first-order chi connectivity index (χ1) is 8.34. The van der Waals surface area contributed by atoms with Crippen LogP contribution in [-0.2, 0) is 9.59 Å². The normalized spacial score (nSPS) is 21.4. The van der Waals surface area contributed by atoms with Crippen LogP contribution in [0.2, 0.25) is 0 Å². The zero-order chi connectivity index (χ0) is 13.9. The molecule has 3 N–H and O–H groups in total. The second-order valence-electron chi connectivity index (χ2n) is 4.67. The number of hydrogen-bond acceptors (Lipinski definition) is 3. The fourth-order valence-electron chi connectivity index (χ4n) is 1.79. The van der Waals surface area contributed by atoms with Gasteiger partial charge in [-0.3, -0.25) is 4.79 Å². The highest BCUT2D eigenvalue weighted by molar-refractivity contribution is 5.89. The maximum atomic E-state index is 11.9. The number of carboxylic acid groups (broad SMARTS) is 1. The molecule has 1 unspecified atom stereocenters. The Morgan fingerprint density at radius 1 is 1.50 bits per heavy atom. The number of piperazine rings is 1. The molecule has 1 aliphatic heterocycles. The van der Waals surface area contributed by atoms with E-state index >= 15 is 0 Å². The largest absolute Gasteiger partial charge is 0.480 e. The lowest BCUT2D eigenvalue weighted by molar-refractivity contribution is -0.140. The van der Waals surface area contributed by atoms with Crippen LogP contribution in [0.25, 0.3) is 0 Å². The number of amides is 3. The third kappa shape index (κ3) is 3.12. The summed E-state index contributed by atoms with van der Waals surface area (Å²) in [5, 5.41) is 14.1. The van der Waals surface area contributed by atoms with Gasteiger partial charge in [0.15, 0.2) is 0 Å². The quantitative estimate of drug-likeness (QED) is 0.642. The van der Waals surface area contributed by atoms with Crippen molar-refractivity contribution in [3.63, 3.8) is 0 Å². The minimum Gasteiger partial charge on any atom is -0.480 e. The van der Waals surface area contributed by atoms with Gasteiger partial charge in [-0.15, -0.1) is 0 Å². The van der Waals surface area contributed by atoms with E-state index in [9.17, 15) is 14.4 Å². The first kappa shape index (κ1) is 14.3. The molecule has 0 aromatic carbocycles. The van der Waals surface area contributed by atoms with Gasteiger partial charge >= 0.3 is 12.0 Å². The van der Waals surface area contributed by atoms with E-state index in [4.69, 9.17) is 5.11 Å². The number of hydrogen-bond donors (Lipinski definition) is 3. The number of rotatable bonds is 3. The monoisotopic (exact) mass is 257 g/mol. The summed E-state index contributed by atoms with van der Waals surface area (Å²) < 4.78 is 0. The molecule has 102 valence electrons. The lowest BCUT2D eigenvalue weighted by Gasteiger charge is -2.34. The van der Waals surface area contributed by atoms with Gasteiger partial charge in [0.1, 0.15) is 12.1 Å². The molecule has 0 saturated carbocycles. The molecule has 7 heteroatoms. The SMILES string of the molecule is CC(C)[C@@H](NC(=O)N1CCNC(=O)C1C)C(=O)O. The zero-order valence-corrected chi connectivity index (χ0v) is 10.8. The standard InChI is InChI=1S/C11H19N3O4/c1-6(2)8(10(16)17)13-11(18)14-5-4-12-9(15)7(14)3/h6-8H,4-5H2,1-3H3,(H,12,15)(H,13,18)(H,16,17)/t7?,8-/m1/s1. The van der Waals surface area contributed by atoms with Crippen molar-refractivity contribution in [2.75, 3.05) is 13.1 Å². The first-order valence-corrected chi connectivity index (χ1v) is 5.92. The van der Waals surface area contributed by atoms with Gasteiger partial charge in [-0.05, 0) is 12.8 Å². The molecule has 0 aliphatic carbocycles. The maximum Gasteiger partial charge on any atom is 0.326 e. The lowest BCUT2D eigenvalue weighted by Crippen LogP contribution is -2.60. The number of carboxylic acids is 1. The summed E-state index contributed by atoms with van der Waals surface area (Å²) in [4.78, 5) is 35.7. The van der Waals surface area contributed by atoms with Crippen LogP contribution in [0, 0.1) is 5.92 Å². The molecule has 7 nitrogen and oxygen atoms in total. The highest BCUT2D eigenvalue weighted by Crippen LogP contribution is 2.07. The van der Waals surface area contributed by atoms with Gasteiger partial charge in [-0.1, -0.05) is 13.8 Å². The van der Waals surface area contributed by atoms with Crippen molar-refractivity contribution in [1.82, 2.24) is 15.5 Å². The Balaban J connectivity index is 2.69. The molecule has 1 aliphatic rings. The van der Waals surface area contributed by atoms with Gasteiger partial charge in [0.2, 0.25) is 5.91 Å².